The van der Waals surface area contributed by atoms with Gasteiger partial charge in [-0.2, -0.15) is 0 Å². The van der Waals surface area contributed by atoms with Crippen LogP contribution in [-0.2, 0) is 28.6 Å². The Morgan fingerprint density at radius 2 is 2.00 bits per heavy atom. The molecule has 1 rings (SSSR count). The summed E-state index contributed by atoms with van der Waals surface area (Å²) in [7, 11) is 0. The molecule has 0 saturated carbocycles. The van der Waals surface area contributed by atoms with Crippen molar-refractivity contribution in [2.75, 3.05) is 13.2 Å². The predicted molar refractivity (Wildman–Crippen MR) is 51.0 cm³/mol. The first-order valence-corrected chi connectivity index (χ1v) is 4.71. The lowest BCUT2D eigenvalue weighted by Gasteiger charge is -2.03. The molecule has 0 unspecified atom stereocenters. The third-order valence-electron chi connectivity index (χ3n) is 1.84. The van der Waals surface area contributed by atoms with E-state index in [1.807, 2.05) is 0 Å². The van der Waals surface area contributed by atoms with E-state index in [-0.39, 0.29) is 19.0 Å². The van der Waals surface area contributed by atoms with Crippen molar-refractivity contribution >= 4 is 17.9 Å². The largest absolute Gasteiger partial charge is 0.466 e. The van der Waals surface area contributed by atoms with Gasteiger partial charge in [-0.1, -0.05) is 0 Å². The zero-order valence-electron chi connectivity index (χ0n) is 9.07. The molecule has 0 saturated heterocycles. The third-order valence-corrected chi connectivity index (χ3v) is 1.84. The van der Waals surface area contributed by atoms with Gasteiger partial charge in [-0.3, -0.25) is 9.59 Å². The number of carbonyl (C=O) groups excluding carboxylic acids is 3. The van der Waals surface area contributed by atoms with Gasteiger partial charge in [0.1, 0.15) is 6.61 Å². The summed E-state index contributed by atoms with van der Waals surface area (Å²) >= 11 is 0. The van der Waals surface area contributed by atoms with Crippen molar-refractivity contribution in [2.45, 2.75) is 20.3 Å². The number of cyclic esters (lactones) is 1. The summed E-state index contributed by atoms with van der Waals surface area (Å²) in [5.41, 5.74) is 0.529. The van der Waals surface area contributed by atoms with Crippen LogP contribution < -0.4 is 0 Å². The van der Waals surface area contributed by atoms with Crippen LogP contribution in [0.1, 0.15) is 20.3 Å². The second-order valence-electron chi connectivity index (χ2n) is 3.19. The first-order valence-electron chi connectivity index (χ1n) is 4.71. The maximum atomic E-state index is 11.2. The summed E-state index contributed by atoms with van der Waals surface area (Å²) in [5, 5.41) is 0. The van der Waals surface area contributed by atoms with Crippen molar-refractivity contribution in [3.05, 3.63) is 11.3 Å². The fourth-order valence-corrected chi connectivity index (χ4v) is 1.19. The molecule has 0 aromatic heterocycles. The molecular formula is C10H12O6. The molecule has 0 aromatic carbocycles. The number of hydrogen-bond acceptors (Lipinski definition) is 6. The second kappa shape index (κ2) is 5.29. The predicted octanol–water partition coefficient (Wildman–Crippen LogP) is 0.314. The number of ether oxygens (including phenoxy) is 3. The summed E-state index contributed by atoms with van der Waals surface area (Å²) in [6.45, 7) is 2.69. The van der Waals surface area contributed by atoms with Gasteiger partial charge >= 0.3 is 17.9 Å². The molecule has 1 heterocycles. The highest BCUT2D eigenvalue weighted by atomic mass is 16.6. The van der Waals surface area contributed by atoms with E-state index < -0.39 is 17.9 Å². The molecule has 0 atom stereocenters. The van der Waals surface area contributed by atoms with Crippen molar-refractivity contribution in [1.29, 1.82) is 0 Å². The zero-order chi connectivity index (χ0) is 12.1. The Hall–Kier alpha value is -1.85. The Bertz CT molecular complexity index is 354. The zero-order valence-corrected chi connectivity index (χ0v) is 9.07. The van der Waals surface area contributed by atoms with Crippen LogP contribution in [0.2, 0.25) is 0 Å². The summed E-state index contributed by atoms with van der Waals surface area (Å²) < 4.78 is 14.1. The minimum absolute atomic E-state index is 0.0721. The normalized spacial score (nSPS) is 14.8. The van der Waals surface area contributed by atoms with E-state index in [0.29, 0.717) is 12.0 Å². The van der Waals surface area contributed by atoms with Gasteiger partial charge in [0.2, 0.25) is 5.76 Å². The minimum atomic E-state index is -0.659. The maximum absolute atomic E-state index is 11.2. The van der Waals surface area contributed by atoms with E-state index in [9.17, 15) is 14.4 Å². The quantitative estimate of drug-likeness (QED) is 0.509. The fraction of sp³-hybridized carbons (Fsp3) is 0.500. The molecular weight excluding hydrogens is 216 g/mol. The molecule has 6 nitrogen and oxygen atoms in total. The number of esters is 3. The van der Waals surface area contributed by atoms with Crippen molar-refractivity contribution in [1.82, 2.24) is 0 Å². The van der Waals surface area contributed by atoms with Gasteiger partial charge in [-0.15, -0.1) is 0 Å². The molecule has 6 heteroatoms. The lowest BCUT2D eigenvalue weighted by Crippen LogP contribution is -2.08. The molecule has 0 N–H and O–H groups in total. The molecule has 0 aromatic rings. The lowest BCUT2D eigenvalue weighted by molar-refractivity contribution is -0.147. The maximum Gasteiger partial charge on any atom is 0.374 e. The molecule has 16 heavy (non-hydrogen) atoms. The van der Waals surface area contributed by atoms with Crippen LogP contribution in [0.3, 0.4) is 0 Å². The van der Waals surface area contributed by atoms with Crippen LogP contribution in [0.4, 0.5) is 0 Å². The van der Waals surface area contributed by atoms with Crippen LogP contribution in [0.5, 0.6) is 0 Å². The molecule has 0 radical (unpaired) electrons. The average molecular weight is 228 g/mol. The van der Waals surface area contributed by atoms with Gasteiger partial charge in [0.05, 0.1) is 6.61 Å². The van der Waals surface area contributed by atoms with Gasteiger partial charge in [-0.25, -0.2) is 4.79 Å². The Labute approximate surface area is 92.2 Å². The van der Waals surface area contributed by atoms with Crippen LogP contribution in [0, 0.1) is 0 Å². The molecule has 88 valence electrons. The second-order valence-corrected chi connectivity index (χ2v) is 3.19. The van der Waals surface area contributed by atoms with E-state index in [1.54, 1.807) is 0 Å². The lowest BCUT2D eigenvalue weighted by atomic mass is 10.2. The average Bonchev–Trinajstić information content (AvgIpc) is 2.48. The molecule has 0 amide bonds. The van der Waals surface area contributed by atoms with E-state index in [2.05, 4.69) is 0 Å². The van der Waals surface area contributed by atoms with Gasteiger partial charge in [0, 0.05) is 25.8 Å². The topological polar surface area (TPSA) is 78.9 Å². The monoisotopic (exact) mass is 228 g/mol. The summed E-state index contributed by atoms with van der Waals surface area (Å²) in [6.07, 6.45) is 0.313. The highest BCUT2D eigenvalue weighted by Crippen LogP contribution is 2.20. The van der Waals surface area contributed by atoms with Crippen molar-refractivity contribution < 1.29 is 28.6 Å². The van der Waals surface area contributed by atoms with Crippen LogP contribution in [0.25, 0.3) is 0 Å². The van der Waals surface area contributed by atoms with Gasteiger partial charge < -0.3 is 14.2 Å². The van der Waals surface area contributed by atoms with Gasteiger partial charge in [0.25, 0.3) is 0 Å². The first-order chi connectivity index (χ1) is 7.50. The Morgan fingerprint density at radius 3 is 2.56 bits per heavy atom. The van der Waals surface area contributed by atoms with Crippen molar-refractivity contribution in [3.63, 3.8) is 0 Å². The SMILES string of the molecule is CC(=O)OCCC1=C(OC(C)=O)C(=O)OC1. The number of carbonyl (C=O) groups is 3. The Balaban J connectivity index is 2.59. The molecule has 0 fully saturated rings. The van der Waals surface area contributed by atoms with E-state index in [4.69, 9.17) is 14.2 Å². The molecule has 0 spiro atoms. The van der Waals surface area contributed by atoms with Crippen LogP contribution >= 0.6 is 0 Å². The standard InChI is InChI=1S/C10H12O6/c1-6(11)14-4-3-8-5-15-10(13)9(8)16-7(2)12/h3-5H2,1-2H3. The summed E-state index contributed by atoms with van der Waals surface area (Å²) in [5.74, 6) is -1.73. The Morgan fingerprint density at radius 1 is 1.31 bits per heavy atom. The van der Waals surface area contributed by atoms with Crippen molar-refractivity contribution in [2.24, 2.45) is 0 Å². The van der Waals surface area contributed by atoms with Crippen molar-refractivity contribution in [3.8, 4) is 0 Å². The molecule has 0 aliphatic carbocycles. The summed E-state index contributed by atoms with van der Waals surface area (Å²) in [6, 6.07) is 0. The number of rotatable bonds is 4. The fourth-order valence-electron chi connectivity index (χ4n) is 1.19. The third kappa shape index (κ3) is 3.38. The highest BCUT2D eigenvalue weighted by molar-refractivity contribution is 5.92. The smallest absolute Gasteiger partial charge is 0.374 e. The molecule has 1 aliphatic heterocycles. The minimum Gasteiger partial charge on any atom is -0.466 e. The highest BCUT2D eigenvalue weighted by Gasteiger charge is 2.27. The van der Waals surface area contributed by atoms with Gasteiger partial charge in [0.15, 0.2) is 0 Å². The van der Waals surface area contributed by atoms with Gasteiger partial charge in [-0.05, 0) is 0 Å². The van der Waals surface area contributed by atoms with E-state index in [1.165, 1.54) is 13.8 Å². The first kappa shape index (κ1) is 12.2. The Kier molecular flexibility index (Phi) is 4.04. The summed E-state index contributed by atoms with van der Waals surface area (Å²) in [4.78, 5) is 32.4. The van der Waals surface area contributed by atoms with Crippen LogP contribution in [0.15, 0.2) is 11.3 Å². The molecule has 0 bridgehead atoms. The van der Waals surface area contributed by atoms with E-state index >= 15 is 0 Å². The van der Waals surface area contributed by atoms with Crippen LogP contribution in [-0.4, -0.2) is 31.1 Å². The van der Waals surface area contributed by atoms with E-state index in [0.717, 1.165) is 0 Å². The molecule has 1 aliphatic rings. The number of hydrogen-bond donors (Lipinski definition) is 0.